The monoisotopic (exact) mass is 398 g/mol. The van der Waals surface area contributed by atoms with Crippen LogP contribution in [-0.4, -0.2) is 31.3 Å². The Morgan fingerprint density at radius 2 is 2.36 bits per heavy atom. The quantitative estimate of drug-likeness (QED) is 0.586. The SMILES string of the molecule is Cc1cnc(NCCn2cncn2)nc1/C(C#N)=C1/C=CC=C(Br)N1. The molecule has 0 atom stereocenters. The minimum Gasteiger partial charge on any atom is -0.352 e. The standard InChI is InChI=1S/C16H15BrN8/c1-11-8-21-16(20-5-6-25-10-19-9-22-25)24-15(11)12(7-18)13-3-2-4-14(17)23-13/h2-4,8-10,23H,5-6H2,1H3,(H,20,21,24)/b13-12-. The molecule has 9 heteroatoms. The van der Waals surface area contributed by atoms with Crippen LogP contribution in [0.4, 0.5) is 5.95 Å². The highest BCUT2D eigenvalue weighted by Crippen LogP contribution is 2.23. The van der Waals surface area contributed by atoms with Crippen molar-refractivity contribution in [1.82, 2.24) is 30.0 Å². The highest BCUT2D eigenvalue weighted by atomic mass is 79.9. The lowest BCUT2D eigenvalue weighted by Gasteiger charge is -2.14. The number of aromatic nitrogens is 5. The second kappa shape index (κ2) is 7.72. The van der Waals surface area contributed by atoms with E-state index in [1.54, 1.807) is 17.2 Å². The Hall–Kier alpha value is -2.99. The molecule has 0 fully saturated rings. The average molecular weight is 399 g/mol. The molecule has 2 aromatic rings. The summed E-state index contributed by atoms with van der Waals surface area (Å²) in [6.45, 7) is 3.11. The second-order valence-corrected chi connectivity index (χ2v) is 6.06. The highest BCUT2D eigenvalue weighted by molar-refractivity contribution is 9.11. The first kappa shape index (κ1) is 16.9. The van der Waals surface area contributed by atoms with Gasteiger partial charge in [0, 0.05) is 12.7 Å². The minimum absolute atomic E-state index is 0.459. The van der Waals surface area contributed by atoms with Crippen molar-refractivity contribution in [3.63, 3.8) is 0 Å². The molecule has 3 rings (SSSR count). The Morgan fingerprint density at radius 1 is 1.48 bits per heavy atom. The van der Waals surface area contributed by atoms with E-state index in [1.807, 2.05) is 25.2 Å². The summed E-state index contributed by atoms with van der Waals surface area (Å²) < 4.78 is 2.50. The molecule has 0 aliphatic carbocycles. The van der Waals surface area contributed by atoms with E-state index >= 15 is 0 Å². The summed E-state index contributed by atoms with van der Waals surface area (Å²) in [6, 6.07) is 2.23. The largest absolute Gasteiger partial charge is 0.352 e. The molecule has 126 valence electrons. The van der Waals surface area contributed by atoms with Crippen LogP contribution >= 0.6 is 15.9 Å². The molecule has 0 amide bonds. The van der Waals surface area contributed by atoms with Crippen molar-refractivity contribution in [2.24, 2.45) is 0 Å². The van der Waals surface area contributed by atoms with Gasteiger partial charge in [-0.2, -0.15) is 10.4 Å². The van der Waals surface area contributed by atoms with Crippen LogP contribution in [0.3, 0.4) is 0 Å². The zero-order valence-electron chi connectivity index (χ0n) is 13.4. The van der Waals surface area contributed by atoms with Gasteiger partial charge in [-0.25, -0.2) is 15.0 Å². The van der Waals surface area contributed by atoms with Gasteiger partial charge in [-0.05, 0) is 40.6 Å². The van der Waals surface area contributed by atoms with E-state index in [0.717, 1.165) is 10.2 Å². The zero-order chi connectivity index (χ0) is 17.6. The van der Waals surface area contributed by atoms with Crippen molar-refractivity contribution in [3.8, 4) is 6.07 Å². The van der Waals surface area contributed by atoms with Crippen molar-refractivity contribution in [1.29, 1.82) is 5.26 Å². The minimum atomic E-state index is 0.459. The zero-order valence-corrected chi connectivity index (χ0v) is 15.0. The first-order valence-electron chi connectivity index (χ1n) is 7.53. The summed E-state index contributed by atoms with van der Waals surface area (Å²) in [6.07, 6.45) is 10.4. The molecule has 8 nitrogen and oxygen atoms in total. The molecule has 1 aliphatic heterocycles. The lowest BCUT2D eigenvalue weighted by molar-refractivity contribution is 0.634. The molecular weight excluding hydrogens is 384 g/mol. The Balaban J connectivity index is 1.81. The van der Waals surface area contributed by atoms with Crippen LogP contribution in [0.25, 0.3) is 5.57 Å². The molecule has 2 aromatic heterocycles. The van der Waals surface area contributed by atoms with E-state index in [1.165, 1.54) is 6.33 Å². The third kappa shape index (κ3) is 4.10. The van der Waals surface area contributed by atoms with Crippen molar-refractivity contribution in [2.45, 2.75) is 13.5 Å². The molecular formula is C16H15BrN8. The maximum atomic E-state index is 9.62. The summed E-state index contributed by atoms with van der Waals surface area (Å²) in [5.41, 5.74) is 2.56. The summed E-state index contributed by atoms with van der Waals surface area (Å²) in [4.78, 5) is 12.7. The molecule has 0 saturated heterocycles. The van der Waals surface area contributed by atoms with Gasteiger partial charge in [-0.3, -0.25) is 4.68 Å². The van der Waals surface area contributed by atoms with Gasteiger partial charge in [0.15, 0.2) is 0 Å². The van der Waals surface area contributed by atoms with E-state index in [4.69, 9.17) is 0 Å². The van der Waals surface area contributed by atoms with Gasteiger partial charge in [0.1, 0.15) is 24.3 Å². The third-order valence-electron chi connectivity index (χ3n) is 3.44. The lowest BCUT2D eigenvalue weighted by atomic mass is 10.1. The van der Waals surface area contributed by atoms with Crippen molar-refractivity contribution < 1.29 is 0 Å². The maximum absolute atomic E-state index is 9.62. The van der Waals surface area contributed by atoms with E-state index in [2.05, 4.69) is 52.7 Å². The summed E-state index contributed by atoms with van der Waals surface area (Å²) >= 11 is 3.38. The maximum Gasteiger partial charge on any atom is 0.223 e. The van der Waals surface area contributed by atoms with E-state index in [9.17, 15) is 5.26 Å². The molecule has 0 radical (unpaired) electrons. The number of nitrogens with zero attached hydrogens (tertiary/aromatic N) is 6. The van der Waals surface area contributed by atoms with Gasteiger partial charge in [0.2, 0.25) is 5.95 Å². The average Bonchev–Trinajstić information content (AvgIpc) is 3.12. The Labute approximate surface area is 153 Å². The molecule has 0 aromatic carbocycles. The molecule has 25 heavy (non-hydrogen) atoms. The summed E-state index contributed by atoms with van der Waals surface area (Å²) in [5, 5.41) is 19.9. The van der Waals surface area contributed by atoms with Crippen molar-refractivity contribution in [2.75, 3.05) is 11.9 Å². The van der Waals surface area contributed by atoms with Crippen LogP contribution in [0.2, 0.25) is 0 Å². The van der Waals surface area contributed by atoms with Crippen molar-refractivity contribution in [3.05, 3.63) is 58.6 Å². The second-order valence-electron chi connectivity index (χ2n) is 5.21. The van der Waals surface area contributed by atoms with Crippen LogP contribution < -0.4 is 10.6 Å². The smallest absolute Gasteiger partial charge is 0.223 e. The number of hydrogen-bond acceptors (Lipinski definition) is 7. The van der Waals surface area contributed by atoms with E-state index in [-0.39, 0.29) is 0 Å². The number of nitrogens with one attached hydrogen (secondary N) is 2. The molecule has 0 unspecified atom stereocenters. The summed E-state index contributed by atoms with van der Waals surface area (Å²) in [7, 11) is 0. The fourth-order valence-corrected chi connectivity index (χ4v) is 2.60. The first-order valence-corrected chi connectivity index (χ1v) is 8.32. The number of nitriles is 1. The predicted octanol–water partition coefficient (Wildman–Crippen LogP) is 2.12. The topological polar surface area (TPSA) is 104 Å². The molecule has 3 heterocycles. The number of halogens is 1. The first-order chi connectivity index (χ1) is 12.2. The van der Waals surface area contributed by atoms with E-state index < -0.39 is 0 Å². The Bertz CT molecular complexity index is 889. The highest BCUT2D eigenvalue weighted by Gasteiger charge is 2.15. The molecule has 1 aliphatic rings. The number of allylic oxidation sites excluding steroid dienone is 4. The number of rotatable bonds is 5. The van der Waals surface area contributed by atoms with E-state index in [0.29, 0.717) is 36.0 Å². The number of anilines is 1. The molecule has 0 spiro atoms. The fraction of sp³-hybridized carbons (Fsp3) is 0.188. The third-order valence-corrected chi connectivity index (χ3v) is 3.90. The van der Waals surface area contributed by atoms with Gasteiger partial charge in [-0.15, -0.1) is 0 Å². The Kier molecular flexibility index (Phi) is 5.20. The molecule has 0 saturated carbocycles. The van der Waals surface area contributed by atoms with Gasteiger partial charge in [-0.1, -0.05) is 6.08 Å². The van der Waals surface area contributed by atoms with Crippen LogP contribution in [0.15, 0.2) is 47.4 Å². The van der Waals surface area contributed by atoms with Gasteiger partial charge >= 0.3 is 0 Å². The Morgan fingerprint density at radius 3 is 3.08 bits per heavy atom. The normalized spacial score (nSPS) is 15.2. The molecule has 2 N–H and O–H groups in total. The van der Waals surface area contributed by atoms with Gasteiger partial charge < -0.3 is 10.6 Å². The molecule has 0 bridgehead atoms. The van der Waals surface area contributed by atoms with Gasteiger partial charge in [0.05, 0.1) is 22.5 Å². The predicted molar refractivity (Wildman–Crippen MR) is 97.1 cm³/mol. The summed E-state index contributed by atoms with van der Waals surface area (Å²) in [5.74, 6) is 0.462. The van der Waals surface area contributed by atoms with Crippen LogP contribution in [0, 0.1) is 18.3 Å². The fourth-order valence-electron chi connectivity index (χ4n) is 2.24. The number of hydrogen-bond donors (Lipinski definition) is 2. The van der Waals surface area contributed by atoms with Crippen molar-refractivity contribution >= 4 is 27.5 Å². The van der Waals surface area contributed by atoms with Crippen LogP contribution in [0.5, 0.6) is 0 Å². The van der Waals surface area contributed by atoms with Crippen LogP contribution in [0.1, 0.15) is 11.3 Å². The lowest BCUT2D eigenvalue weighted by Crippen LogP contribution is -2.15. The number of aryl methyl sites for hydroxylation is 1. The van der Waals surface area contributed by atoms with Gasteiger partial charge in [0.25, 0.3) is 0 Å². The van der Waals surface area contributed by atoms with Crippen LogP contribution in [-0.2, 0) is 6.54 Å². The number of dihydropyridines is 1.